The number of urea groups is 1. The van der Waals surface area contributed by atoms with Gasteiger partial charge in [0.2, 0.25) is 5.89 Å². The zero-order chi connectivity index (χ0) is 24.2. The standard InChI is InChI=1S/C25H30FN5O3/c1-4-30(5-2)24(32)18-7-9-22-21(14-18)28-23(34-22)16-29-10-12-31(13-11-29)25(33)27-19-8-6-17(3)20(26)15-19/h6-9,14-15H,4-5,10-13,16H2,1-3H3,(H,27,33). The summed E-state index contributed by atoms with van der Waals surface area (Å²) in [5.41, 5.74) is 2.90. The van der Waals surface area contributed by atoms with E-state index in [-0.39, 0.29) is 17.8 Å². The second-order valence-electron chi connectivity index (χ2n) is 8.42. The van der Waals surface area contributed by atoms with Crippen molar-refractivity contribution in [3.63, 3.8) is 0 Å². The quantitative estimate of drug-likeness (QED) is 0.590. The minimum atomic E-state index is -0.342. The van der Waals surface area contributed by atoms with E-state index in [0.29, 0.717) is 79.6 Å². The number of anilines is 1. The lowest BCUT2D eigenvalue weighted by atomic mass is 10.2. The molecule has 0 bridgehead atoms. The lowest BCUT2D eigenvalue weighted by Crippen LogP contribution is -2.49. The first kappa shape index (κ1) is 23.7. The van der Waals surface area contributed by atoms with Gasteiger partial charge in [0.15, 0.2) is 5.58 Å². The number of hydrogen-bond acceptors (Lipinski definition) is 5. The minimum absolute atomic E-state index is 0.0146. The zero-order valence-electron chi connectivity index (χ0n) is 19.8. The van der Waals surface area contributed by atoms with Crippen molar-refractivity contribution in [2.45, 2.75) is 27.3 Å². The average molecular weight is 468 g/mol. The van der Waals surface area contributed by atoms with Crippen LogP contribution >= 0.6 is 0 Å². The van der Waals surface area contributed by atoms with Crippen molar-refractivity contribution in [3.05, 3.63) is 59.2 Å². The molecule has 1 aliphatic heterocycles. The summed E-state index contributed by atoms with van der Waals surface area (Å²) in [6.07, 6.45) is 0. The molecular formula is C25H30FN5O3. The van der Waals surface area contributed by atoms with E-state index >= 15 is 0 Å². The Morgan fingerprint density at radius 2 is 1.82 bits per heavy atom. The summed E-state index contributed by atoms with van der Waals surface area (Å²) in [6.45, 7) is 9.85. The number of aryl methyl sites for hydroxylation is 1. The van der Waals surface area contributed by atoms with Gasteiger partial charge in [0.05, 0.1) is 6.54 Å². The maximum atomic E-state index is 13.7. The molecule has 0 atom stereocenters. The van der Waals surface area contributed by atoms with Gasteiger partial charge in [-0.15, -0.1) is 0 Å². The number of nitrogens with one attached hydrogen (secondary N) is 1. The lowest BCUT2D eigenvalue weighted by molar-refractivity contribution is 0.0773. The third-order valence-corrected chi connectivity index (χ3v) is 6.17. The topological polar surface area (TPSA) is 81.9 Å². The highest BCUT2D eigenvalue weighted by molar-refractivity contribution is 5.97. The number of carbonyl (C=O) groups excluding carboxylic acids is 2. The normalized spacial score (nSPS) is 14.4. The van der Waals surface area contributed by atoms with Crippen LogP contribution in [0.25, 0.3) is 11.1 Å². The molecule has 1 aromatic heterocycles. The highest BCUT2D eigenvalue weighted by Gasteiger charge is 2.23. The third kappa shape index (κ3) is 5.20. The molecule has 1 aliphatic rings. The highest BCUT2D eigenvalue weighted by atomic mass is 19.1. The summed E-state index contributed by atoms with van der Waals surface area (Å²) in [5, 5.41) is 2.76. The molecule has 8 nitrogen and oxygen atoms in total. The Morgan fingerprint density at radius 3 is 2.50 bits per heavy atom. The SMILES string of the molecule is CCN(CC)C(=O)c1ccc2oc(CN3CCN(C(=O)Nc4ccc(C)c(F)c4)CC3)nc2c1. The summed E-state index contributed by atoms with van der Waals surface area (Å²) in [6, 6.07) is 9.77. The van der Waals surface area contributed by atoms with Gasteiger partial charge in [-0.25, -0.2) is 14.2 Å². The zero-order valence-corrected chi connectivity index (χ0v) is 19.8. The van der Waals surface area contributed by atoms with Crippen LogP contribution in [-0.2, 0) is 6.54 Å². The van der Waals surface area contributed by atoms with Gasteiger partial charge in [0.25, 0.3) is 5.91 Å². The van der Waals surface area contributed by atoms with Crippen LogP contribution in [0.3, 0.4) is 0 Å². The smallest absolute Gasteiger partial charge is 0.321 e. The van der Waals surface area contributed by atoms with E-state index in [9.17, 15) is 14.0 Å². The first-order valence-electron chi connectivity index (χ1n) is 11.6. The summed E-state index contributed by atoms with van der Waals surface area (Å²) >= 11 is 0. The van der Waals surface area contributed by atoms with Crippen LogP contribution < -0.4 is 5.32 Å². The molecule has 4 rings (SSSR count). The fraction of sp³-hybridized carbons (Fsp3) is 0.400. The van der Waals surface area contributed by atoms with Gasteiger partial charge < -0.3 is 19.5 Å². The number of halogens is 1. The summed E-state index contributed by atoms with van der Waals surface area (Å²) in [5.74, 6) is 0.222. The fourth-order valence-corrected chi connectivity index (χ4v) is 4.04. The van der Waals surface area contributed by atoms with E-state index in [2.05, 4.69) is 15.2 Å². The molecular weight excluding hydrogens is 437 g/mol. The Kier molecular flexibility index (Phi) is 7.12. The van der Waals surface area contributed by atoms with Crippen LogP contribution in [0.2, 0.25) is 0 Å². The van der Waals surface area contributed by atoms with Crippen LogP contribution in [0.5, 0.6) is 0 Å². The van der Waals surface area contributed by atoms with Crippen LogP contribution in [-0.4, -0.2) is 70.9 Å². The Balaban J connectivity index is 1.33. The molecule has 1 N–H and O–H groups in total. The Hall–Kier alpha value is -3.46. The molecule has 2 aromatic carbocycles. The fourth-order valence-electron chi connectivity index (χ4n) is 4.04. The molecule has 1 saturated heterocycles. The molecule has 0 saturated carbocycles. The Labute approximate surface area is 198 Å². The van der Waals surface area contributed by atoms with E-state index in [1.165, 1.54) is 6.07 Å². The number of hydrogen-bond donors (Lipinski definition) is 1. The van der Waals surface area contributed by atoms with Crippen molar-refractivity contribution in [2.24, 2.45) is 0 Å². The van der Waals surface area contributed by atoms with Gasteiger partial charge in [-0.1, -0.05) is 6.07 Å². The van der Waals surface area contributed by atoms with Gasteiger partial charge in [-0.05, 0) is 56.7 Å². The number of aromatic nitrogens is 1. The number of carbonyl (C=O) groups is 2. The van der Waals surface area contributed by atoms with E-state index in [0.717, 1.165) is 0 Å². The predicted octanol–water partition coefficient (Wildman–Crippen LogP) is 4.11. The second-order valence-corrected chi connectivity index (χ2v) is 8.42. The molecule has 0 spiro atoms. The number of piperazine rings is 1. The Bertz CT molecular complexity index is 1180. The molecule has 180 valence electrons. The molecule has 3 amide bonds. The maximum Gasteiger partial charge on any atom is 0.321 e. The van der Waals surface area contributed by atoms with Crippen LogP contribution in [0.1, 0.15) is 35.7 Å². The number of amides is 3. The van der Waals surface area contributed by atoms with Crippen molar-refractivity contribution in [3.8, 4) is 0 Å². The number of fused-ring (bicyclic) bond motifs is 1. The van der Waals surface area contributed by atoms with Crippen molar-refractivity contribution in [2.75, 3.05) is 44.6 Å². The summed E-state index contributed by atoms with van der Waals surface area (Å²) < 4.78 is 19.6. The van der Waals surface area contributed by atoms with Gasteiger partial charge in [-0.3, -0.25) is 9.69 Å². The average Bonchev–Trinajstić information content (AvgIpc) is 3.24. The number of benzene rings is 2. The summed E-state index contributed by atoms with van der Waals surface area (Å²) in [4.78, 5) is 35.4. The molecule has 9 heteroatoms. The number of nitrogens with zero attached hydrogens (tertiary/aromatic N) is 4. The van der Waals surface area contributed by atoms with Crippen LogP contribution in [0.15, 0.2) is 40.8 Å². The second kappa shape index (κ2) is 10.2. The third-order valence-electron chi connectivity index (χ3n) is 6.17. The lowest BCUT2D eigenvalue weighted by Gasteiger charge is -2.34. The van der Waals surface area contributed by atoms with E-state index in [4.69, 9.17) is 4.42 Å². The molecule has 34 heavy (non-hydrogen) atoms. The van der Waals surface area contributed by atoms with E-state index in [1.807, 2.05) is 13.8 Å². The first-order chi connectivity index (χ1) is 16.4. The monoisotopic (exact) mass is 467 g/mol. The van der Waals surface area contributed by atoms with Crippen molar-refractivity contribution >= 4 is 28.7 Å². The maximum absolute atomic E-state index is 13.7. The molecule has 3 aromatic rings. The molecule has 1 fully saturated rings. The predicted molar refractivity (Wildman–Crippen MR) is 128 cm³/mol. The Morgan fingerprint density at radius 1 is 1.09 bits per heavy atom. The molecule has 0 radical (unpaired) electrons. The van der Waals surface area contributed by atoms with Crippen molar-refractivity contribution < 1.29 is 18.4 Å². The summed E-state index contributed by atoms with van der Waals surface area (Å²) in [7, 11) is 0. The van der Waals surface area contributed by atoms with Gasteiger partial charge in [-0.2, -0.15) is 0 Å². The van der Waals surface area contributed by atoms with Crippen LogP contribution in [0.4, 0.5) is 14.9 Å². The largest absolute Gasteiger partial charge is 0.439 e. The van der Waals surface area contributed by atoms with Gasteiger partial charge >= 0.3 is 6.03 Å². The number of rotatable bonds is 6. The van der Waals surface area contributed by atoms with Crippen molar-refractivity contribution in [1.29, 1.82) is 0 Å². The first-order valence-corrected chi connectivity index (χ1v) is 11.6. The minimum Gasteiger partial charge on any atom is -0.439 e. The van der Waals surface area contributed by atoms with Crippen LogP contribution in [0, 0.1) is 12.7 Å². The molecule has 2 heterocycles. The van der Waals surface area contributed by atoms with Crippen molar-refractivity contribution in [1.82, 2.24) is 19.7 Å². The number of oxazole rings is 1. The van der Waals surface area contributed by atoms with E-state index in [1.54, 1.807) is 47.1 Å². The molecule has 0 aliphatic carbocycles. The molecule has 0 unspecified atom stereocenters. The van der Waals surface area contributed by atoms with Gasteiger partial charge in [0, 0.05) is 50.5 Å². The highest BCUT2D eigenvalue weighted by Crippen LogP contribution is 2.20. The van der Waals surface area contributed by atoms with E-state index < -0.39 is 0 Å². The van der Waals surface area contributed by atoms with Gasteiger partial charge in [0.1, 0.15) is 11.3 Å².